The van der Waals surface area contributed by atoms with Gasteiger partial charge in [-0.2, -0.15) is 0 Å². The number of benzene rings is 1. The van der Waals surface area contributed by atoms with E-state index < -0.39 is 34.4 Å². The second-order valence-corrected chi connectivity index (χ2v) is 9.27. The number of rotatable bonds is 6. The number of hydrogen-bond donors (Lipinski definition) is 1. The summed E-state index contributed by atoms with van der Waals surface area (Å²) in [4.78, 5) is 37.6. The Balaban J connectivity index is 1.43. The first-order chi connectivity index (χ1) is 13.7. The molecule has 10 heteroatoms. The number of piperidine rings is 1. The van der Waals surface area contributed by atoms with E-state index in [0.717, 1.165) is 18.4 Å². The average Bonchev–Trinajstić information content (AvgIpc) is 3.12. The van der Waals surface area contributed by atoms with Gasteiger partial charge >= 0.3 is 5.97 Å². The van der Waals surface area contributed by atoms with Crippen LogP contribution in [-0.4, -0.2) is 63.0 Å². The number of sulfonamides is 1. The summed E-state index contributed by atoms with van der Waals surface area (Å²) in [6, 6.07) is 6.92. The molecule has 2 saturated heterocycles. The first-order valence-corrected chi connectivity index (χ1v) is 11.4. The van der Waals surface area contributed by atoms with Crippen LogP contribution in [0, 0.1) is 5.92 Å². The van der Waals surface area contributed by atoms with Crippen molar-refractivity contribution in [1.82, 2.24) is 4.31 Å². The van der Waals surface area contributed by atoms with Crippen molar-refractivity contribution >= 4 is 39.2 Å². The van der Waals surface area contributed by atoms with Crippen molar-refractivity contribution in [2.75, 3.05) is 42.7 Å². The second kappa shape index (κ2) is 8.91. The largest absolute Gasteiger partial charge is 0.455 e. The smallest absolute Gasteiger partial charge is 0.309 e. The molecule has 0 atom stereocenters. The van der Waals surface area contributed by atoms with Gasteiger partial charge in [0.25, 0.3) is 5.91 Å². The van der Waals surface area contributed by atoms with E-state index in [-0.39, 0.29) is 19.0 Å². The lowest BCUT2D eigenvalue weighted by atomic mass is 9.98. The van der Waals surface area contributed by atoms with Gasteiger partial charge in [-0.1, -0.05) is 0 Å². The third-order valence-electron chi connectivity index (χ3n) is 5.14. The maximum Gasteiger partial charge on any atom is 0.309 e. The summed E-state index contributed by atoms with van der Waals surface area (Å²) in [5.74, 6) is -1.26. The van der Waals surface area contributed by atoms with Crippen LogP contribution in [0.5, 0.6) is 0 Å². The normalized spacial score (nSPS) is 18.7. The number of carbonyl (C=O) groups is 3. The average molecular weight is 423 g/mol. The van der Waals surface area contributed by atoms with Crippen molar-refractivity contribution in [3.05, 3.63) is 24.3 Å². The third kappa shape index (κ3) is 5.54. The molecule has 1 aromatic rings. The molecule has 1 N–H and O–H groups in total. The number of amides is 2. The standard InChI is InChI=1S/C19H25N3O6S/c1-29(26,27)21-11-8-14(9-12-21)19(25)28-13-17(23)20-15-4-6-16(7-5-15)22-10-2-3-18(22)24/h4-7,14H,2-3,8-13H2,1H3,(H,20,23). The maximum absolute atomic E-state index is 12.1. The molecule has 2 amide bonds. The number of nitrogens with one attached hydrogen (secondary N) is 1. The zero-order chi connectivity index (χ0) is 21.0. The van der Waals surface area contributed by atoms with E-state index in [1.54, 1.807) is 29.2 Å². The summed E-state index contributed by atoms with van der Waals surface area (Å²) in [6.45, 7) is 0.842. The first-order valence-electron chi connectivity index (χ1n) is 9.56. The molecule has 1 aromatic carbocycles. The van der Waals surface area contributed by atoms with Crippen molar-refractivity contribution in [3.8, 4) is 0 Å². The van der Waals surface area contributed by atoms with Crippen molar-refractivity contribution in [1.29, 1.82) is 0 Å². The van der Waals surface area contributed by atoms with Crippen LogP contribution in [0.15, 0.2) is 24.3 Å². The lowest BCUT2D eigenvalue weighted by molar-refractivity contribution is -0.152. The lowest BCUT2D eigenvalue weighted by Gasteiger charge is -2.28. The quantitative estimate of drug-likeness (QED) is 0.682. The summed E-state index contributed by atoms with van der Waals surface area (Å²) >= 11 is 0. The van der Waals surface area contributed by atoms with Gasteiger partial charge in [-0.3, -0.25) is 14.4 Å². The molecule has 0 aromatic heterocycles. The Morgan fingerprint density at radius 2 is 1.79 bits per heavy atom. The highest BCUT2D eigenvalue weighted by atomic mass is 32.2. The molecular formula is C19H25N3O6S. The van der Waals surface area contributed by atoms with Crippen LogP contribution in [0.25, 0.3) is 0 Å². The van der Waals surface area contributed by atoms with Crippen molar-refractivity contribution in [2.45, 2.75) is 25.7 Å². The van der Waals surface area contributed by atoms with E-state index in [4.69, 9.17) is 4.74 Å². The molecule has 2 aliphatic rings. The van der Waals surface area contributed by atoms with Gasteiger partial charge in [0.15, 0.2) is 6.61 Å². The van der Waals surface area contributed by atoms with Crippen LogP contribution >= 0.6 is 0 Å². The molecule has 158 valence electrons. The van der Waals surface area contributed by atoms with Crippen molar-refractivity contribution in [2.24, 2.45) is 5.92 Å². The van der Waals surface area contributed by atoms with Crippen LogP contribution in [0.1, 0.15) is 25.7 Å². The molecule has 9 nitrogen and oxygen atoms in total. The molecule has 0 bridgehead atoms. The Labute approximate surface area is 170 Å². The zero-order valence-corrected chi connectivity index (χ0v) is 17.1. The monoisotopic (exact) mass is 423 g/mol. The molecule has 0 unspecified atom stereocenters. The fourth-order valence-electron chi connectivity index (χ4n) is 3.52. The predicted octanol–water partition coefficient (Wildman–Crippen LogP) is 0.967. The zero-order valence-electron chi connectivity index (χ0n) is 16.3. The Bertz CT molecular complexity index is 876. The third-order valence-corrected chi connectivity index (χ3v) is 6.44. The van der Waals surface area contributed by atoms with Crippen molar-refractivity contribution in [3.63, 3.8) is 0 Å². The Morgan fingerprint density at radius 1 is 1.14 bits per heavy atom. The SMILES string of the molecule is CS(=O)(=O)N1CCC(C(=O)OCC(=O)Nc2ccc(N3CCCC3=O)cc2)CC1. The summed E-state index contributed by atoms with van der Waals surface area (Å²) in [5.41, 5.74) is 1.33. The van der Waals surface area contributed by atoms with E-state index in [1.807, 2.05) is 0 Å². The topological polar surface area (TPSA) is 113 Å². The molecule has 0 aliphatic carbocycles. The van der Waals surface area contributed by atoms with Gasteiger partial charge in [-0.15, -0.1) is 0 Å². The van der Waals surface area contributed by atoms with Crippen LogP contribution in [0.3, 0.4) is 0 Å². The number of nitrogens with zero attached hydrogens (tertiary/aromatic N) is 2. The first kappa shape index (κ1) is 21.3. The molecule has 0 saturated carbocycles. The van der Waals surface area contributed by atoms with Gasteiger partial charge in [-0.25, -0.2) is 12.7 Å². The van der Waals surface area contributed by atoms with Gasteiger partial charge in [0.1, 0.15) is 0 Å². The molecule has 2 fully saturated rings. The number of esters is 1. The van der Waals surface area contributed by atoms with Crippen LogP contribution < -0.4 is 10.2 Å². The Hall–Kier alpha value is -2.46. The van der Waals surface area contributed by atoms with Gasteiger partial charge in [-0.05, 0) is 43.5 Å². The Kier molecular flexibility index (Phi) is 6.53. The molecule has 2 aliphatic heterocycles. The van der Waals surface area contributed by atoms with Crippen LogP contribution in [-0.2, 0) is 29.1 Å². The predicted molar refractivity (Wildman–Crippen MR) is 107 cm³/mol. The highest BCUT2D eigenvalue weighted by molar-refractivity contribution is 7.88. The summed E-state index contributed by atoms with van der Waals surface area (Å²) in [5, 5.41) is 2.65. The molecule has 29 heavy (non-hydrogen) atoms. The minimum absolute atomic E-state index is 0.0936. The van der Waals surface area contributed by atoms with Gasteiger partial charge in [0.05, 0.1) is 12.2 Å². The van der Waals surface area contributed by atoms with Crippen LogP contribution in [0.2, 0.25) is 0 Å². The number of hydrogen-bond acceptors (Lipinski definition) is 6. The summed E-state index contributed by atoms with van der Waals surface area (Å²) in [7, 11) is -3.25. The van der Waals surface area contributed by atoms with E-state index >= 15 is 0 Å². The molecule has 3 rings (SSSR count). The van der Waals surface area contributed by atoms with Gasteiger partial charge in [0.2, 0.25) is 15.9 Å². The maximum atomic E-state index is 12.1. The summed E-state index contributed by atoms with van der Waals surface area (Å²) in [6.07, 6.45) is 3.30. The minimum atomic E-state index is -3.25. The molecular weight excluding hydrogens is 398 g/mol. The second-order valence-electron chi connectivity index (χ2n) is 7.29. The molecule has 2 heterocycles. The van der Waals surface area contributed by atoms with E-state index in [0.29, 0.717) is 31.5 Å². The fourth-order valence-corrected chi connectivity index (χ4v) is 4.39. The van der Waals surface area contributed by atoms with Crippen LogP contribution in [0.4, 0.5) is 11.4 Å². The summed E-state index contributed by atoms with van der Waals surface area (Å²) < 4.78 is 29.4. The van der Waals surface area contributed by atoms with Gasteiger partial charge < -0.3 is 15.0 Å². The Morgan fingerprint density at radius 3 is 2.34 bits per heavy atom. The van der Waals surface area contributed by atoms with Gasteiger partial charge in [0, 0.05) is 37.4 Å². The fraction of sp³-hybridized carbons (Fsp3) is 0.526. The highest BCUT2D eigenvalue weighted by Crippen LogP contribution is 2.23. The minimum Gasteiger partial charge on any atom is -0.455 e. The highest BCUT2D eigenvalue weighted by Gasteiger charge is 2.30. The number of ether oxygens (including phenoxy) is 1. The van der Waals surface area contributed by atoms with Crippen molar-refractivity contribution < 1.29 is 27.5 Å². The molecule has 0 radical (unpaired) electrons. The number of anilines is 2. The van der Waals surface area contributed by atoms with E-state index in [2.05, 4.69) is 5.32 Å². The van der Waals surface area contributed by atoms with E-state index in [1.165, 1.54) is 4.31 Å². The molecule has 0 spiro atoms. The lowest BCUT2D eigenvalue weighted by Crippen LogP contribution is -2.40. The number of carbonyl (C=O) groups excluding carboxylic acids is 3. The van der Waals surface area contributed by atoms with E-state index in [9.17, 15) is 22.8 Å².